The topological polar surface area (TPSA) is 58.6 Å². The number of hydrogen-bond acceptors (Lipinski definition) is 3. The van der Waals surface area contributed by atoms with E-state index in [1.165, 1.54) is 12.7 Å². The van der Waals surface area contributed by atoms with Crippen LogP contribution in [0.2, 0.25) is 0 Å². The summed E-state index contributed by atoms with van der Waals surface area (Å²) in [5.41, 5.74) is 2.05. The molecule has 0 aliphatic carbocycles. The Labute approximate surface area is 131 Å². The van der Waals surface area contributed by atoms with Crippen LogP contribution in [0, 0.1) is 0 Å². The summed E-state index contributed by atoms with van der Waals surface area (Å²) < 4.78 is 4.99. The minimum Gasteiger partial charge on any atom is -0.504 e. The number of aromatic hydroxyl groups is 1. The van der Waals surface area contributed by atoms with Gasteiger partial charge in [0.05, 0.1) is 12.7 Å². The third-order valence-electron chi connectivity index (χ3n) is 3.06. The van der Waals surface area contributed by atoms with Gasteiger partial charge in [-0.15, -0.1) is 0 Å². The minimum atomic E-state index is -0.375. The third-order valence-corrected chi connectivity index (χ3v) is 3.46. The summed E-state index contributed by atoms with van der Waals surface area (Å²) in [6.45, 7) is 0. The fraction of sp³-hybridized carbons (Fsp3) is 0.188. The lowest BCUT2D eigenvalue weighted by Gasteiger charge is -2.10. The average Bonchev–Trinajstić information content (AvgIpc) is 2.49. The van der Waals surface area contributed by atoms with Crippen LogP contribution in [0.15, 0.2) is 42.5 Å². The van der Waals surface area contributed by atoms with Crippen molar-refractivity contribution in [2.75, 3.05) is 17.8 Å². The van der Waals surface area contributed by atoms with E-state index in [4.69, 9.17) is 4.74 Å². The molecule has 0 saturated carbocycles. The molecule has 0 saturated heterocycles. The zero-order valence-electron chi connectivity index (χ0n) is 11.6. The summed E-state index contributed by atoms with van der Waals surface area (Å²) in [5.74, 6) is -0.261. The summed E-state index contributed by atoms with van der Waals surface area (Å²) >= 11 is 3.39. The number of aryl methyl sites for hydroxylation is 1. The second-order valence-electron chi connectivity index (χ2n) is 4.45. The Kier molecular flexibility index (Phi) is 5.22. The molecule has 0 unspecified atom stereocenters. The molecule has 1 amide bonds. The number of phenols is 1. The molecule has 0 radical (unpaired) electrons. The van der Waals surface area contributed by atoms with Crippen molar-refractivity contribution in [1.82, 2.24) is 0 Å². The summed E-state index contributed by atoms with van der Waals surface area (Å²) in [7, 11) is 1.44. The molecular weight excluding hydrogens is 334 g/mol. The number of anilines is 1. The van der Waals surface area contributed by atoms with Gasteiger partial charge in [-0.1, -0.05) is 34.1 Å². The Balaban J connectivity index is 2.14. The molecule has 0 aromatic heterocycles. The van der Waals surface area contributed by atoms with Crippen molar-refractivity contribution in [3.05, 3.63) is 53.6 Å². The van der Waals surface area contributed by atoms with E-state index in [0.29, 0.717) is 5.69 Å². The second-order valence-corrected chi connectivity index (χ2v) is 5.24. The van der Waals surface area contributed by atoms with Gasteiger partial charge in [0, 0.05) is 11.0 Å². The number of alkyl halides is 1. The van der Waals surface area contributed by atoms with Crippen LogP contribution < -0.4 is 10.1 Å². The van der Waals surface area contributed by atoms with Gasteiger partial charge in [-0.2, -0.15) is 0 Å². The zero-order chi connectivity index (χ0) is 15.2. The largest absolute Gasteiger partial charge is 0.504 e. The zero-order valence-corrected chi connectivity index (χ0v) is 13.2. The van der Waals surface area contributed by atoms with Gasteiger partial charge in [0.25, 0.3) is 5.91 Å². The molecule has 2 rings (SSSR count). The van der Waals surface area contributed by atoms with Crippen LogP contribution in [0.3, 0.4) is 0 Å². The van der Waals surface area contributed by atoms with Gasteiger partial charge in [0.2, 0.25) is 0 Å². The van der Waals surface area contributed by atoms with Crippen LogP contribution in [-0.4, -0.2) is 23.5 Å². The Morgan fingerprint density at radius 2 is 1.95 bits per heavy atom. The summed E-state index contributed by atoms with van der Waals surface area (Å²) in [6.07, 6.45) is 0.935. The van der Waals surface area contributed by atoms with E-state index >= 15 is 0 Å². The molecule has 2 aromatic carbocycles. The normalized spacial score (nSPS) is 10.2. The molecule has 0 bridgehead atoms. The molecule has 2 N–H and O–H groups in total. The number of phenolic OH excluding ortho intramolecular Hbond substituents is 1. The molecular formula is C16H16BrNO3. The van der Waals surface area contributed by atoms with E-state index in [-0.39, 0.29) is 23.0 Å². The molecule has 0 heterocycles. The van der Waals surface area contributed by atoms with Gasteiger partial charge < -0.3 is 15.2 Å². The Morgan fingerprint density at radius 3 is 2.57 bits per heavy atom. The lowest BCUT2D eigenvalue weighted by molar-refractivity contribution is 0.102. The number of halogens is 1. The number of methoxy groups -OCH3 is 1. The number of rotatable bonds is 5. The second kappa shape index (κ2) is 7.13. The first-order chi connectivity index (χ1) is 10.2. The van der Waals surface area contributed by atoms with Crippen molar-refractivity contribution in [3.63, 3.8) is 0 Å². The van der Waals surface area contributed by atoms with E-state index in [2.05, 4.69) is 21.2 Å². The predicted octanol–water partition coefficient (Wildman–Crippen LogP) is 3.59. The third kappa shape index (κ3) is 3.76. The van der Waals surface area contributed by atoms with Gasteiger partial charge in [-0.3, -0.25) is 4.79 Å². The van der Waals surface area contributed by atoms with Crippen molar-refractivity contribution in [2.24, 2.45) is 0 Å². The number of amides is 1. The Morgan fingerprint density at radius 1 is 1.24 bits per heavy atom. The first kappa shape index (κ1) is 15.4. The number of benzene rings is 2. The highest BCUT2D eigenvalue weighted by molar-refractivity contribution is 9.09. The maximum absolute atomic E-state index is 12.2. The summed E-state index contributed by atoms with van der Waals surface area (Å²) in [6, 6.07) is 12.4. The molecule has 0 fully saturated rings. The van der Waals surface area contributed by atoms with Crippen molar-refractivity contribution in [2.45, 2.75) is 6.42 Å². The predicted molar refractivity (Wildman–Crippen MR) is 86.6 cm³/mol. The molecule has 5 heteroatoms. The van der Waals surface area contributed by atoms with Crippen LogP contribution in [0.4, 0.5) is 5.69 Å². The van der Waals surface area contributed by atoms with E-state index in [1.54, 1.807) is 18.2 Å². The maximum Gasteiger partial charge on any atom is 0.259 e. The lowest BCUT2D eigenvalue weighted by atomic mass is 10.1. The summed E-state index contributed by atoms with van der Waals surface area (Å²) in [5, 5.41) is 13.6. The highest BCUT2D eigenvalue weighted by atomic mass is 79.9. The van der Waals surface area contributed by atoms with E-state index in [1.807, 2.05) is 24.3 Å². The molecule has 4 nitrogen and oxygen atoms in total. The first-order valence-electron chi connectivity index (χ1n) is 6.48. The fourth-order valence-electron chi connectivity index (χ4n) is 1.93. The smallest absolute Gasteiger partial charge is 0.259 e. The highest BCUT2D eigenvalue weighted by Gasteiger charge is 2.14. The SMILES string of the molecule is COc1cccc(C(=O)Nc2ccc(CCBr)cc2)c1O. The molecule has 0 aliphatic heterocycles. The number of nitrogens with one attached hydrogen (secondary N) is 1. The monoisotopic (exact) mass is 349 g/mol. The minimum absolute atomic E-state index is 0.159. The first-order valence-corrected chi connectivity index (χ1v) is 7.60. The van der Waals surface area contributed by atoms with Crippen molar-refractivity contribution in [1.29, 1.82) is 0 Å². The standard InChI is InChI=1S/C16H16BrNO3/c1-21-14-4-2-3-13(15(14)19)16(20)18-12-7-5-11(6-8-12)9-10-17/h2-8,19H,9-10H2,1H3,(H,18,20). The number of ether oxygens (including phenoxy) is 1. The Hall–Kier alpha value is -2.01. The van der Waals surface area contributed by atoms with Crippen molar-refractivity contribution in [3.8, 4) is 11.5 Å². The highest BCUT2D eigenvalue weighted by Crippen LogP contribution is 2.29. The van der Waals surface area contributed by atoms with E-state index in [9.17, 15) is 9.90 Å². The van der Waals surface area contributed by atoms with Gasteiger partial charge in [-0.05, 0) is 36.2 Å². The van der Waals surface area contributed by atoms with Crippen LogP contribution in [0.5, 0.6) is 11.5 Å². The van der Waals surface area contributed by atoms with E-state index in [0.717, 1.165) is 11.8 Å². The van der Waals surface area contributed by atoms with Gasteiger partial charge in [0.1, 0.15) is 0 Å². The lowest BCUT2D eigenvalue weighted by Crippen LogP contribution is -2.12. The number of para-hydroxylation sites is 1. The van der Waals surface area contributed by atoms with Gasteiger partial charge in [0.15, 0.2) is 11.5 Å². The van der Waals surface area contributed by atoms with Crippen LogP contribution in [-0.2, 0) is 6.42 Å². The summed E-state index contributed by atoms with van der Waals surface area (Å²) in [4.78, 5) is 12.2. The molecule has 0 aliphatic rings. The quantitative estimate of drug-likeness (QED) is 0.811. The Bertz CT molecular complexity index is 626. The number of carbonyl (C=O) groups excluding carboxylic acids is 1. The molecule has 0 atom stereocenters. The maximum atomic E-state index is 12.2. The van der Waals surface area contributed by atoms with Crippen LogP contribution in [0.25, 0.3) is 0 Å². The van der Waals surface area contributed by atoms with Crippen molar-refractivity contribution >= 4 is 27.5 Å². The molecule has 110 valence electrons. The number of hydrogen-bond donors (Lipinski definition) is 2. The van der Waals surface area contributed by atoms with Crippen LogP contribution >= 0.6 is 15.9 Å². The van der Waals surface area contributed by atoms with Crippen LogP contribution in [0.1, 0.15) is 15.9 Å². The molecule has 2 aromatic rings. The van der Waals surface area contributed by atoms with Gasteiger partial charge in [-0.25, -0.2) is 0 Å². The fourth-order valence-corrected chi connectivity index (χ4v) is 2.39. The average molecular weight is 350 g/mol. The molecule has 21 heavy (non-hydrogen) atoms. The number of carbonyl (C=O) groups is 1. The van der Waals surface area contributed by atoms with E-state index < -0.39 is 0 Å². The van der Waals surface area contributed by atoms with Gasteiger partial charge >= 0.3 is 0 Å². The molecule has 0 spiro atoms. The van der Waals surface area contributed by atoms with Crippen molar-refractivity contribution < 1.29 is 14.6 Å².